The third-order valence-corrected chi connectivity index (χ3v) is 9.11. The summed E-state index contributed by atoms with van der Waals surface area (Å²) in [7, 11) is 0. The van der Waals surface area contributed by atoms with Gasteiger partial charge in [-0.1, -0.05) is 51.5 Å². The third-order valence-electron chi connectivity index (χ3n) is 9.11. The van der Waals surface area contributed by atoms with E-state index in [-0.39, 0.29) is 36.5 Å². The number of benzene rings is 1. The van der Waals surface area contributed by atoms with E-state index in [1.165, 1.54) is 32.1 Å². The highest BCUT2D eigenvalue weighted by Crippen LogP contribution is 2.32. The van der Waals surface area contributed by atoms with E-state index in [2.05, 4.69) is 17.6 Å². The summed E-state index contributed by atoms with van der Waals surface area (Å²) < 4.78 is 49.2. The van der Waals surface area contributed by atoms with Crippen LogP contribution in [0.15, 0.2) is 18.2 Å². The first-order chi connectivity index (χ1) is 28.4. The fourth-order valence-corrected chi connectivity index (χ4v) is 6.07. The van der Waals surface area contributed by atoms with E-state index in [0.717, 1.165) is 17.7 Å². The Hall–Kier alpha value is -3.55. The molecule has 3 rings (SSSR count). The van der Waals surface area contributed by atoms with E-state index in [4.69, 9.17) is 42.6 Å². The van der Waals surface area contributed by atoms with Gasteiger partial charge in [0.25, 0.3) is 11.8 Å². The van der Waals surface area contributed by atoms with E-state index < -0.39 is 29.7 Å². The third kappa shape index (κ3) is 19.9. The molecule has 1 aromatic rings. The van der Waals surface area contributed by atoms with Crippen molar-refractivity contribution in [1.29, 1.82) is 0 Å². The van der Waals surface area contributed by atoms with Crippen LogP contribution in [0, 0.1) is 0 Å². The van der Waals surface area contributed by atoms with Crippen molar-refractivity contribution in [2.75, 3.05) is 124 Å². The summed E-state index contributed by atoms with van der Waals surface area (Å²) in [5, 5.41) is 5.33. The first-order valence-electron chi connectivity index (χ1n) is 20.8. The van der Waals surface area contributed by atoms with Gasteiger partial charge in [-0.2, -0.15) is 0 Å². The van der Waals surface area contributed by atoms with Crippen molar-refractivity contribution in [2.24, 2.45) is 0 Å². The molecule has 328 valence electrons. The summed E-state index contributed by atoms with van der Waals surface area (Å²) in [5.74, 6) is -2.33. The number of imide groups is 2. The number of rotatable bonds is 37. The predicted molar refractivity (Wildman–Crippen MR) is 212 cm³/mol. The lowest BCUT2D eigenvalue weighted by Crippen LogP contribution is -2.54. The zero-order chi connectivity index (χ0) is 41.5. The highest BCUT2D eigenvalue weighted by Gasteiger charge is 2.45. The predicted octanol–water partition coefficient (Wildman–Crippen LogP) is 3.32. The number of hydrogen-bond acceptors (Lipinski definition) is 15. The van der Waals surface area contributed by atoms with E-state index in [1.807, 2.05) is 0 Å². The molecule has 0 saturated carbocycles. The number of esters is 1. The summed E-state index contributed by atoms with van der Waals surface area (Å²) in [6, 6.07) is 3.90. The van der Waals surface area contributed by atoms with Gasteiger partial charge in [-0.25, -0.2) is 0 Å². The average molecular weight is 824 g/mol. The number of hydrogen-bond donors (Lipinski definition) is 2. The Morgan fingerprint density at radius 1 is 0.638 bits per heavy atom. The van der Waals surface area contributed by atoms with Gasteiger partial charge in [0, 0.05) is 25.1 Å². The number of fused-ring (bicyclic) bond motifs is 1. The van der Waals surface area contributed by atoms with Crippen molar-refractivity contribution in [3.05, 3.63) is 29.3 Å². The Kier molecular flexibility index (Phi) is 26.4. The summed E-state index contributed by atoms with van der Waals surface area (Å²) >= 11 is 0. The molecule has 0 aromatic heterocycles. The largest absolute Gasteiger partial charge is 0.463 e. The van der Waals surface area contributed by atoms with Crippen LogP contribution in [0.1, 0.15) is 91.8 Å². The first-order valence-corrected chi connectivity index (χ1v) is 20.8. The van der Waals surface area contributed by atoms with Crippen LogP contribution in [0.2, 0.25) is 0 Å². The van der Waals surface area contributed by atoms with E-state index in [9.17, 15) is 24.0 Å². The van der Waals surface area contributed by atoms with Crippen LogP contribution in [0.25, 0.3) is 0 Å². The molecule has 1 fully saturated rings. The maximum Gasteiger partial charge on any atom is 0.305 e. The normalized spacial score (nSPS) is 15.3. The lowest BCUT2D eigenvalue weighted by atomic mass is 10.0. The van der Waals surface area contributed by atoms with E-state index >= 15 is 0 Å². The number of nitrogens with one attached hydrogen (secondary N) is 2. The van der Waals surface area contributed by atoms with E-state index in [0.29, 0.717) is 124 Å². The second kappa shape index (κ2) is 31.4. The molecule has 2 N–H and O–H groups in total. The highest BCUT2D eigenvalue weighted by atomic mass is 16.6. The Labute approximate surface area is 342 Å². The molecule has 4 amide bonds. The minimum absolute atomic E-state index is 0.0642. The molecule has 0 aliphatic carbocycles. The fourth-order valence-electron chi connectivity index (χ4n) is 6.07. The van der Waals surface area contributed by atoms with Crippen LogP contribution in [0.3, 0.4) is 0 Å². The van der Waals surface area contributed by atoms with Gasteiger partial charge >= 0.3 is 5.97 Å². The summed E-state index contributed by atoms with van der Waals surface area (Å²) in [6.45, 7) is 9.68. The molecule has 2 heterocycles. The van der Waals surface area contributed by atoms with Gasteiger partial charge in [-0.15, -0.1) is 0 Å². The maximum absolute atomic E-state index is 13.2. The van der Waals surface area contributed by atoms with Crippen molar-refractivity contribution in [2.45, 2.75) is 77.2 Å². The number of carbonyl (C=O) groups is 5. The highest BCUT2D eigenvalue weighted by molar-refractivity contribution is 6.25. The van der Waals surface area contributed by atoms with Crippen LogP contribution in [0.5, 0.6) is 0 Å². The summed E-state index contributed by atoms with van der Waals surface area (Å²) in [4.78, 5) is 62.6. The molecule has 1 saturated heterocycles. The topological polar surface area (TPSA) is 196 Å². The fraction of sp³-hybridized carbons (Fsp3) is 0.732. The summed E-state index contributed by atoms with van der Waals surface area (Å²) in [5.41, 5.74) is 0.902. The quantitative estimate of drug-likeness (QED) is 0.0563. The van der Waals surface area contributed by atoms with Gasteiger partial charge in [0.2, 0.25) is 11.8 Å². The zero-order valence-corrected chi connectivity index (χ0v) is 34.3. The molecule has 17 heteroatoms. The number of nitrogens with zero attached hydrogens (tertiary/aromatic N) is 1. The van der Waals surface area contributed by atoms with Crippen molar-refractivity contribution in [3.8, 4) is 0 Å². The monoisotopic (exact) mass is 823 g/mol. The van der Waals surface area contributed by atoms with E-state index in [1.54, 1.807) is 18.2 Å². The SMILES string of the molecule is CCCCCCCCCC(=O)OCCOCCOCCOCCOCCOCCOCCOCCOCCNc1cccc2c1C(=O)N(C1CCC(=O)NC1=O)C2=O. The number of piperidine rings is 1. The zero-order valence-electron chi connectivity index (χ0n) is 34.3. The maximum atomic E-state index is 13.2. The smallest absolute Gasteiger partial charge is 0.305 e. The molecule has 1 atom stereocenters. The minimum Gasteiger partial charge on any atom is -0.463 e. The minimum atomic E-state index is -1.01. The Balaban J connectivity index is 1.00. The molecular formula is C41H65N3O14. The Morgan fingerprint density at radius 3 is 1.64 bits per heavy atom. The van der Waals surface area contributed by atoms with Gasteiger partial charge in [-0.05, 0) is 25.0 Å². The van der Waals surface area contributed by atoms with Gasteiger partial charge in [-0.3, -0.25) is 34.2 Å². The van der Waals surface area contributed by atoms with Crippen molar-refractivity contribution in [3.63, 3.8) is 0 Å². The number of unbranched alkanes of at least 4 members (excludes halogenated alkanes) is 6. The van der Waals surface area contributed by atoms with Crippen LogP contribution in [-0.4, -0.2) is 159 Å². The average Bonchev–Trinajstić information content (AvgIpc) is 3.47. The Bertz CT molecular complexity index is 1350. The van der Waals surface area contributed by atoms with Crippen LogP contribution in [0.4, 0.5) is 5.69 Å². The molecule has 1 aromatic carbocycles. The molecule has 0 radical (unpaired) electrons. The van der Waals surface area contributed by atoms with Gasteiger partial charge in [0.15, 0.2) is 0 Å². The summed E-state index contributed by atoms with van der Waals surface area (Å²) in [6.07, 6.45) is 8.86. The molecule has 2 aliphatic rings. The molecule has 0 spiro atoms. The Morgan fingerprint density at radius 2 is 1.12 bits per heavy atom. The van der Waals surface area contributed by atoms with Crippen LogP contribution in [-0.2, 0) is 57.0 Å². The number of amides is 4. The molecule has 0 bridgehead atoms. The number of anilines is 1. The second-order valence-corrected chi connectivity index (χ2v) is 13.6. The molecule has 17 nitrogen and oxygen atoms in total. The lowest BCUT2D eigenvalue weighted by Gasteiger charge is -2.27. The number of carbonyl (C=O) groups excluding carboxylic acids is 5. The van der Waals surface area contributed by atoms with Crippen molar-refractivity contribution in [1.82, 2.24) is 10.2 Å². The van der Waals surface area contributed by atoms with Crippen molar-refractivity contribution < 1.29 is 66.6 Å². The molecule has 2 aliphatic heterocycles. The second-order valence-electron chi connectivity index (χ2n) is 13.6. The van der Waals surface area contributed by atoms with Gasteiger partial charge in [0.05, 0.1) is 117 Å². The first kappa shape index (κ1) is 48.8. The molecular weight excluding hydrogens is 758 g/mol. The number of ether oxygens (including phenoxy) is 9. The van der Waals surface area contributed by atoms with Crippen LogP contribution >= 0.6 is 0 Å². The molecule has 1 unspecified atom stereocenters. The van der Waals surface area contributed by atoms with Crippen LogP contribution < -0.4 is 10.6 Å². The van der Waals surface area contributed by atoms with Gasteiger partial charge < -0.3 is 47.9 Å². The molecule has 58 heavy (non-hydrogen) atoms. The standard InChI is InChI=1S/C41H65N3O14/c1-2-3-4-5-6-7-8-12-37(46)58-32-31-57-30-29-56-28-27-55-26-25-54-24-23-53-22-21-52-20-19-51-18-17-50-16-15-42-34-11-9-10-33-38(34)41(49)44(40(33)48)35-13-14-36(45)43-39(35)47/h9-11,35,42H,2-8,12-32H2,1H3,(H,43,45,47). The van der Waals surface area contributed by atoms with Crippen molar-refractivity contribution >= 4 is 35.3 Å². The van der Waals surface area contributed by atoms with Gasteiger partial charge in [0.1, 0.15) is 12.6 Å². The lowest BCUT2D eigenvalue weighted by molar-refractivity contribution is -0.145.